The number of pyridine rings is 2. The standard InChI is InChI=1S/C25H27FN3O9P/c1-4-25(32)17-6-20-22-15(9-29(20)23(30)16(17)10-36-24(25)31)14(8-27-12(2)3)13-5-21(18(26)7-19(13)28-22)37-11-38-39(33,34)35/h5-7,12,27,32H,4,8-11H2,1-3H3,(H2,33,34,35)/t25-/m0/s1. The van der Waals surface area contributed by atoms with E-state index in [-0.39, 0.29) is 48.0 Å². The van der Waals surface area contributed by atoms with Gasteiger partial charge in [0.25, 0.3) is 5.56 Å². The number of aliphatic hydroxyl groups is 1. The predicted molar refractivity (Wildman–Crippen MR) is 135 cm³/mol. The molecule has 39 heavy (non-hydrogen) atoms. The molecule has 2 aliphatic heterocycles. The summed E-state index contributed by atoms with van der Waals surface area (Å²) in [5.41, 5.74) is 0.419. The summed E-state index contributed by atoms with van der Waals surface area (Å²) in [6.45, 7) is 4.85. The topological polar surface area (TPSA) is 169 Å². The van der Waals surface area contributed by atoms with Gasteiger partial charge in [0.2, 0.25) is 6.79 Å². The van der Waals surface area contributed by atoms with Crippen LogP contribution in [-0.4, -0.2) is 43.2 Å². The Hall–Kier alpha value is -3.19. The molecule has 0 fully saturated rings. The summed E-state index contributed by atoms with van der Waals surface area (Å²) < 4.78 is 41.9. The van der Waals surface area contributed by atoms with Crippen LogP contribution >= 0.6 is 7.82 Å². The highest BCUT2D eigenvalue weighted by atomic mass is 31.2. The molecule has 0 bridgehead atoms. The second-order valence-corrected chi connectivity index (χ2v) is 11.0. The number of phosphoric ester groups is 1. The van der Waals surface area contributed by atoms with Crippen molar-refractivity contribution in [2.45, 2.75) is 58.5 Å². The monoisotopic (exact) mass is 563 g/mol. The summed E-state index contributed by atoms with van der Waals surface area (Å²) in [6.07, 6.45) is 0.00299. The molecule has 1 aromatic carbocycles. The molecular weight excluding hydrogens is 536 g/mol. The highest BCUT2D eigenvalue weighted by molar-refractivity contribution is 7.46. The van der Waals surface area contributed by atoms with E-state index in [0.29, 0.717) is 34.4 Å². The highest BCUT2D eigenvalue weighted by Gasteiger charge is 2.45. The van der Waals surface area contributed by atoms with E-state index in [4.69, 9.17) is 19.3 Å². The Kier molecular flexibility index (Phi) is 6.86. The van der Waals surface area contributed by atoms with E-state index in [1.165, 1.54) is 10.6 Å². The summed E-state index contributed by atoms with van der Waals surface area (Å²) in [4.78, 5) is 48.4. The Balaban J connectivity index is 1.69. The minimum Gasteiger partial charge on any atom is -0.464 e. The lowest BCUT2D eigenvalue weighted by Gasteiger charge is -2.31. The number of nitrogens with zero attached hydrogens (tertiary/aromatic N) is 2. The molecule has 5 rings (SSSR count). The first-order valence-corrected chi connectivity index (χ1v) is 13.8. The number of hydrogen-bond donors (Lipinski definition) is 4. The number of halogens is 1. The smallest absolute Gasteiger partial charge is 0.464 e. The van der Waals surface area contributed by atoms with Crippen molar-refractivity contribution in [3.63, 3.8) is 0 Å². The van der Waals surface area contributed by atoms with Crippen LogP contribution in [0.15, 0.2) is 23.0 Å². The van der Waals surface area contributed by atoms with Gasteiger partial charge in [-0.2, -0.15) is 0 Å². The van der Waals surface area contributed by atoms with Crippen molar-refractivity contribution >= 4 is 24.7 Å². The Morgan fingerprint density at radius 3 is 2.67 bits per heavy atom. The van der Waals surface area contributed by atoms with E-state index < -0.39 is 37.6 Å². The molecule has 4 N–H and O–H groups in total. The van der Waals surface area contributed by atoms with Crippen molar-refractivity contribution in [1.29, 1.82) is 0 Å². The van der Waals surface area contributed by atoms with Crippen LogP contribution in [0.5, 0.6) is 5.75 Å². The van der Waals surface area contributed by atoms with Crippen molar-refractivity contribution in [1.82, 2.24) is 14.9 Å². The molecule has 0 spiro atoms. The molecule has 4 heterocycles. The predicted octanol–water partition coefficient (Wildman–Crippen LogP) is 2.16. The zero-order chi connectivity index (χ0) is 28.3. The maximum Gasteiger partial charge on any atom is 0.472 e. The van der Waals surface area contributed by atoms with Gasteiger partial charge >= 0.3 is 13.8 Å². The first-order valence-electron chi connectivity index (χ1n) is 12.2. The zero-order valence-electron chi connectivity index (χ0n) is 21.4. The van der Waals surface area contributed by atoms with Gasteiger partial charge in [0.15, 0.2) is 17.2 Å². The second kappa shape index (κ2) is 9.77. The zero-order valence-corrected chi connectivity index (χ0v) is 22.3. The molecular formula is C25H27FN3O9P. The molecule has 12 nitrogen and oxygen atoms in total. The van der Waals surface area contributed by atoms with E-state index in [0.717, 1.165) is 6.07 Å². The van der Waals surface area contributed by atoms with Crippen molar-refractivity contribution < 1.29 is 42.6 Å². The summed E-state index contributed by atoms with van der Waals surface area (Å²) in [5, 5.41) is 14.9. The van der Waals surface area contributed by atoms with Crippen LogP contribution < -0.4 is 15.6 Å². The van der Waals surface area contributed by atoms with Crippen LogP contribution in [0, 0.1) is 5.82 Å². The van der Waals surface area contributed by atoms with Gasteiger partial charge in [0.1, 0.15) is 6.61 Å². The molecule has 0 saturated heterocycles. The quantitative estimate of drug-likeness (QED) is 0.141. The van der Waals surface area contributed by atoms with E-state index in [2.05, 4.69) is 14.8 Å². The van der Waals surface area contributed by atoms with E-state index in [1.54, 1.807) is 13.0 Å². The lowest BCUT2D eigenvalue weighted by Crippen LogP contribution is -2.44. The third kappa shape index (κ3) is 4.75. The first-order chi connectivity index (χ1) is 18.3. The summed E-state index contributed by atoms with van der Waals surface area (Å²) in [7, 11) is -4.82. The number of phosphoric acid groups is 1. The summed E-state index contributed by atoms with van der Waals surface area (Å²) in [5.74, 6) is -1.96. The van der Waals surface area contributed by atoms with Crippen LogP contribution in [0.25, 0.3) is 22.3 Å². The van der Waals surface area contributed by atoms with Crippen LogP contribution in [0.1, 0.15) is 49.4 Å². The SMILES string of the molecule is CC[C@@]1(O)C(=O)OCc2c1cc1n(c2=O)Cc2c-1nc1cc(F)c(OCOP(=O)(O)O)cc1c2CNC(C)C. The molecule has 0 aliphatic carbocycles. The van der Waals surface area contributed by atoms with Crippen LogP contribution in [0.3, 0.4) is 0 Å². The molecule has 14 heteroatoms. The number of carbonyl (C=O) groups excluding carboxylic acids is 1. The molecule has 1 atom stereocenters. The highest BCUT2D eigenvalue weighted by Crippen LogP contribution is 2.41. The molecule has 0 saturated carbocycles. The minimum absolute atomic E-state index is 0.00299. The minimum atomic E-state index is -4.82. The molecule has 0 radical (unpaired) electrons. The third-order valence-electron chi connectivity index (χ3n) is 6.98. The number of nitrogens with one attached hydrogen (secondary N) is 1. The largest absolute Gasteiger partial charge is 0.472 e. The van der Waals surface area contributed by atoms with Gasteiger partial charge in [-0.25, -0.2) is 23.3 Å². The maximum atomic E-state index is 14.9. The van der Waals surface area contributed by atoms with Crippen LogP contribution in [0.4, 0.5) is 4.39 Å². The van der Waals surface area contributed by atoms with Crippen molar-refractivity contribution in [3.05, 3.63) is 56.6 Å². The fourth-order valence-corrected chi connectivity index (χ4v) is 5.13. The molecule has 208 valence electrons. The Morgan fingerprint density at radius 1 is 1.26 bits per heavy atom. The average molecular weight is 563 g/mol. The number of fused-ring (bicyclic) bond motifs is 5. The Morgan fingerprint density at radius 2 is 2.00 bits per heavy atom. The van der Waals surface area contributed by atoms with Crippen molar-refractivity contribution in [2.24, 2.45) is 0 Å². The van der Waals surface area contributed by atoms with Gasteiger partial charge in [-0.1, -0.05) is 20.8 Å². The number of aromatic nitrogens is 2. The number of hydrogen-bond acceptors (Lipinski definition) is 9. The molecule has 0 unspecified atom stereocenters. The van der Waals surface area contributed by atoms with Gasteiger partial charge in [-0.05, 0) is 24.1 Å². The fraction of sp³-hybridized carbons (Fsp3) is 0.400. The van der Waals surface area contributed by atoms with Crippen molar-refractivity contribution in [2.75, 3.05) is 6.79 Å². The maximum absolute atomic E-state index is 14.9. The van der Waals surface area contributed by atoms with Gasteiger partial charge in [0, 0.05) is 35.2 Å². The van der Waals surface area contributed by atoms with Crippen molar-refractivity contribution in [3.8, 4) is 17.1 Å². The third-order valence-corrected chi connectivity index (χ3v) is 7.42. The summed E-state index contributed by atoms with van der Waals surface area (Å²) >= 11 is 0. The lowest BCUT2D eigenvalue weighted by atomic mass is 9.86. The van der Waals surface area contributed by atoms with E-state index in [9.17, 15) is 23.7 Å². The molecule has 2 aliphatic rings. The van der Waals surface area contributed by atoms with Gasteiger partial charge < -0.3 is 34.3 Å². The number of carbonyl (C=O) groups is 1. The van der Waals surface area contributed by atoms with Gasteiger partial charge in [-0.15, -0.1) is 0 Å². The number of benzene rings is 1. The summed E-state index contributed by atoms with van der Waals surface area (Å²) in [6, 6.07) is 4.16. The number of cyclic esters (lactones) is 1. The normalized spacial score (nSPS) is 18.2. The lowest BCUT2D eigenvalue weighted by molar-refractivity contribution is -0.172. The van der Waals surface area contributed by atoms with E-state index >= 15 is 0 Å². The molecule has 0 amide bonds. The van der Waals surface area contributed by atoms with Gasteiger partial charge in [-0.3, -0.25) is 4.79 Å². The second-order valence-electron chi connectivity index (χ2n) is 9.74. The number of rotatable bonds is 8. The van der Waals surface area contributed by atoms with E-state index in [1.807, 2.05) is 13.8 Å². The Labute approximate surface area is 221 Å². The fourth-order valence-electron chi connectivity index (χ4n) is 4.94. The molecule has 3 aromatic rings. The van der Waals surface area contributed by atoms with Crippen LogP contribution in [0.2, 0.25) is 0 Å². The number of ether oxygens (including phenoxy) is 2. The van der Waals surface area contributed by atoms with Gasteiger partial charge in [0.05, 0.1) is 29.0 Å². The average Bonchev–Trinajstić information content (AvgIpc) is 3.22. The molecule has 2 aromatic heterocycles. The Bertz CT molecular complexity index is 1620. The first kappa shape index (κ1) is 27.4. The van der Waals surface area contributed by atoms with Crippen LogP contribution in [-0.2, 0) is 43.9 Å². The number of esters is 1.